The molecular formula is C13H12F2OS. The number of aliphatic hydroxyl groups excluding tert-OH is 1. The summed E-state index contributed by atoms with van der Waals surface area (Å²) in [6.45, 7) is 0. The van der Waals surface area contributed by atoms with Crippen LogP contribution in [-0.2, 0) is 6.42 Å². The van der Waals surface area contributed by atoms with E-state index in [2.05, 4.69) is 0 Å². The minimum Gasteiger partial charge on any atom is -0.388 e. The van der Waals surface area contributed by atoms with E-state index >= 15 is 0 Å². The minimum atomic E-state index is -2.46. The van der Waals surface area contributed by atoms with E-state index in [9.17, 15) is 13.9 Å². The molecular weight excluding hydrogens is 242 g/mol. The molecule has 1 nitrogen and oxygen atoms in total. The average molecular weight is 254 g/mol. The predicted octanol–water partition coefficient (Wildman–Crippen LogP) is 3.96. The molecule has 90 valence electrons. The second-order valence-corrected chi connectivity index (χ2v) is 4.60. The summed E-state index contributed by atoms with van der Waals surface area (Å²) < 4.78 is 24.7. The van der Waals surface area contributed by atoms with Gasteiger partial charge in [-0.1, -0.05) is 24.3 Å². The summed E-state index contributed by atoms with van der Waals surface area (Å²) in [4.78, 5) is 0. The van der Waals surface area contributed by atoms with Gasteiger partial charge in [0, 0.05) is 12.0 Å². The molecule has 0 aliphatic rings. The Hall–Kier alpha value is -1.26. The van der Waals surface area contributed by atoms with Crippen molar-refractivity contribution in [2.75, 3.05) is 0 Å². The van der Waals surface area contributed by atoms with Crippen LogP contribution < -0.4 is 0 Å². The number of thiophene rings is 1. The highest BCUT2D eigenvalue weighted by Crippen LogP contribution is 2.23. The van der Waals surface area contributed by atoms with Crippen LogP contribution in [0.1, 0.15) is 29.2 Å². The van der Waals surface area contributed by atoms with Crippen molar-refractivity contribution >= 4 is 11.3 Å². The Bertz CT molecular complexity index is 451. The Kier molecular flexibility index (Phi) is 3.86. The van der Waals surface area contributed by atoms with E-state index in [1.165, 1.54) is 12.1 Å². The number of benzene rings is 1. The van der Waals surface area contributed by atoms with Gasteiger partial charge >= 0.3 is 0 Å². The van der Waals surface area contributed by atoms with Crippen LogP contribution in [0.4, 0.5) is 8.78 Å². The molecule has 0 saturated carbocycles. The van der Waals surface area contributed by atoms with Gasteiger partial charge in [0.25, 0.3) is 6.43 Å². The smallest absolute Gasteiger partial charge is 0.263 e. The standard InChI is InChI=1S/C13H12F2OS/c14-13(15)11-3-1-10(2-4-11)12(16)7-9-5-6-17-8-9/h1-6,8,12-13,16H,7H2. The maximum atomic E-state index is 12.3. The fourth-order valence-corrected chi connectivity index (χ4v) is 2.30. The number of halogens is 2. The van der Waals surface area contributed by atoms with Crippen LogP contribution in [0.15, 0.2) is 41.1 Å². The van der Waals surface area contributed by atoms with Gasteiger partial charge in [-0.25, -0.2) is 8.78 Å². The van der Waals surface area contributed by atoms with E-state index in [-0.39, 0.29) is 5.56 Å². The summed E-state index contributed by atoms with van der Waals surface area (Å²) >= 11 is 1.57. The highest BCUT2D eigenvalue weighted by molar-refractivity contribution is 7.07. The lowest BCUT2D eigenvalue weighted by Crippen LogP contribution is -2.01. The third kappa shape index (κ3) is 3.11. The molecule has 1 heterocycles. The molecule has 1 unspecified atom stereocenters. The minimum absolute atomic E-state index is 0.0171. The lowest BCUT2D eigenvalue weighted by molar-refractivity contribution is 0.151. The molecule has 0 spiro atoms. The van der Waals surface area contributed by atoms with Crippen LogP contribution in [0.3, 0.4) is 0 Å². The quantitative estimate of drug-likeness (QED) is 0.875. The maximum Gasteiger partial charge on any atom is 0.263 e. The summed E-state index contributed by atoms with van der Waals surface area (Å²) in [5.41, 5.74) is 1.71. The predicted molar refractivity (Wildman–Crippen MR) is 64.4 cm³/mol. The van der Waals surface area contributed by atoms with E-state index in [0.29, 0.717) is 12.0 Å². The Labute approximate surface area is 102 Å². The van der Waals surface area contributed by atoms with Crippen molar-refractivity contribution in [1.82, 2.24) is 0 Å². The first-order valence-electron chi connectivity index (χ1n) is 5.24. The molecule has 0 aliphatic heterocycles. The average Bonchev–Trinajstić information content (AvgIpc) is 2.82. The molecule has 0 saturated heterocycles. The molecule has 1 aromatic carbocycles. The van der Waals surface area contributed by atoms with Gasteiger partial charge in [-0.05, 0) is 28.0 Å². The van der Waals surface area contributed by atoms with Crippen LogP contribution in [0.25, 0.3) is 0 Å². The molecule has 0 aliphatic carbocycles. The molecule has 2 aromatic rings. The Morgan fingerprint density at radius 2 is 1.71 bits per heavy atom. The Morgan fingerprint density at radius 3 is 2.24 bits per heavy atom. The van der Waals surface area contributed by atoms with Crippen molar-refractivity contribution in [1.29, 1.82) is 0 Å². The van der Waals surface area contributed by atoms with Crippen molar-refractivity contribution in [3.8, 4) is 0 Å². The van der Waals surface area contributed by atoms with Crippen molar-refractivity contribution in [3.05, 3.63) is 57.8 Å². The summed E-state index contributed by atoms with van der Waals surface area (Å²) in [7, 11) is 0. The van der Waals surface area contributed by atoms with E-state index in [1.807, 2.05) is 16.8 Å². The third-order valence-electron chi connectivity index (χ3n) is 2.58. The highest BCUT2D eigenvalue weighted by Gasteiger charge is 2.11. The van der Waals surface area contributed by atoms with Crippen molar-refractivity contribution in [2.24, 2.45) is 0 Å². The van der Waals surface area contributed by atoms with E-state index in [4.69, 9.17) is 0 Å². The molecule has 0 bridgehead atoms. The Balaban J connectivity index is 2.06. The highest BCUT2D eigenvalue weighted by atomic mass is 32.1. The summed E-state index contributed by atoms with van der Waals surface area (Å²) in [5, 5.41) is 13.9. The van der Waals surface area contributed by atoms with Gasteiger partial charge in [-0.3, -0.25) is 0 Å². The third-order valence-corrected chi connectivity index (χ3v) is 3.31. The molecule has 1 N–H and O–H groups in total. The van der Waals surface area contributed by atoms with Crippen LogP contribution in [0.2, 0.25) is 0 Å². The zero-order valence-corrected chi connectivity index (χ0v) is 9.83. The molecule has 17 heavy (non-hydrogen) atoms. The largest absolute Gasteiger partial charge is 0.388 e. The lowest BCUT2D eigenvalue weighted by Gasteiger charge is -2.10. The van der Waals surface area contributed by atoms with Gasteiger partial charge in [0.05, 0.1) is 6.10 Å². The number of alkyl halides is 2. The van der Waals surface area contributed by atoms with Crippen LogP contribution >= 0.6 is 11.3 Å². The zero-order valence-electron chi connectivity index (χ0n) is 9.01. The van der Waals surface area contributed by atoms with Crippen LogP contribution in [-0.4, -0.2) is 5.11 Å². The first-order chi connectivity index (χ1) is 8.16. The van der Waals surface area contributed by atoms with Gasteiger partial charge in [0.2, 0.25) is 0 Å². The van der Waals surface area contributed by atoms with Crippen LogP contribution in [0.5, 0.6) is 0 Å². The molecule has 1 aromatic heterocycles. The normalized spacial score (nSPS) is 12.9. The molecule has 0 amide bonds. The maximum absolute atomic E-state index is 12.3. The second-order valence-electron chi connectivity index (χ2n) is 3.82. The van der Waals surface area contributed by atoms with Gasteiger partial charge < -0.3 is 5.11 Å². The lowest BCUT2D eigenvalue weighted by atomic mass is 10.0. The fraction of sp³-hybridized carbons (Fsp3) is 0.231. The summed E-state index contributed by atoms with van der Waals surface area (Å²) in [5.74, 6) is 0. The zero-order chi connectivity index (χ0) is 12.3. The number of rotatable bonds is 4. The van der Waals surface area contributed by atoms with E-state index in [0.717, 1.165) is 5.56 Å². The topological polar surface area (TPSA) is 20.2 Å². The van der Waals surface area contributed by atoms with E-state index in [1.54, 1.807) is 23.5 Å². The number of aliphatic hydroxyl groups is 1. The van der Waals surface area contributed by atoms with Crippen molar-refractivity contribution in [2.45, 2.75) is 19.0 Å². The number of hydrogen-bond donors (Lipinski definition) is 1. The Morgan fingerprint density at radius 1 is 1.06 bits per heavy atom. The van der Waals surface area contributed by atoms with Crippen LogP contribution in [0, 0.1) is 0 Å². The van der Waals surface area contributed by atoms with Gasteiger partial charge in [-0.2, -0.15) is 11.3 Å². The first kappa shape index (κ1) is 12.2. The van der Waals surface area contributed by atoms with Crippen molar-refractivity contribution < 1.29 is 13.9 Å². The molecule has 1 atom stereocenters. The first-order valence-corrected chi connectivity index (χ1v) is 6.18. The van der Waals surface area contributed by atoms with Gasteiger partial charge in [0.1, 0.15) is 0 Å². The summed E-state index contributed by atoms with van der Waals surface area (Å²) in [6.07, 6.45) is -2.59. The van der Waals surface area contributed by atoms with E-state index < -0.39 is 12.5 Å². The number of hydrogen-bond acceptors (Lipinski definition) is 2. The second kappa shape index (κ2) is 5.38. The van der Waals surface area contributed by atoms with Gasteiger partial charge in [0.15, 0.2) is 0 Å². The summed E-state index contributed by atoms with van der Waals surface area (Å²) in [6, 6.07) is 7.77. The fourth-order valence-electron chi connectivity index (χ4n) is 1.61. The van der Waals surface area contributed by atoms with Gasteiger partial charge in [-0.15, -0.1) is 0 Å². The molecule has 0 fully saturated rings. The SMILES string of the molecule is OC(Cc1ccsc1)c1ccc(C(F)F)cc1. The molecule has 4 heteroatoms. The molecule has 2 rings (SSSR count). The van der Waals surface area contributed by atoms with Crippen molar-refractivity contribution in [3.63, 3.8) is 0 Å². The monoisotopic (exact) mass is 254 g/mol. The molecule has 0 radical (unpaired) electrons.